The number of hydrogen-bond acceptors (Lipinski definition) is 5. The largest absolute Gasteiger partial charge is 0.496 e. The molecule has 1 aromatic heterocycles. The Hall–Kier alpha value is -3.15. The third-order valence-electron chi connectivity index (χ3n) is 4.11. The number of para-hydroxylation sites is 1. The molecule has 1 amide bonds. The van der Waals surface area contributed by atoms with Crippen molar-refractivity contribution in [2.45, 2.75) is 19.9 Å². The molecule has 6 nitrogen and oxygen atoms in total. The first-order valence-electron chi connectivity index (χ1n) is 8.32. The zero-order chi connectivity index (χ0) is 18.5. The van der Waals surface area contributed by atoms with E-state index in [4.69, 9.17) is 9.26 Å². The molecule has 0 aliphatic rings. The number of aryl methyl sites for hydroxylation is 1. The van der Waals surface area contributed by atoms with Gasteiger partial charge in [-0.3, -0.25) is 4.79 Å². The Balaban J connectivity index is 1.65. The Morgan fingerprint density at radius 3 is 2.62 bits per heavy atom. The molecule has 1 heterocycles. The van der Waals surface area contributed by atoms with Gasteiger partial charge in [0.05, 0.1) is 20.1 Å². The van der Waals surface area contributed by atoms with Gasteiger partial charge in [-0.1, -0.05) is 53.2 Å². The fraction of sp³-hybridized carbons (Fsp3) is 0.250. The van der Waals surface area contributed by atoms with Gasteiger partial charge in [0.15, 0.2) is 0 Å². The Morgan fingerprint density at radius 1 is 1.15 bits per heavy atom. The molecule has 0 saturated carbocycles. The number of carbonyl (C=O) groups excluding carboxylic acids is 1. The summed E-state index contributed by atoms with van der Waals surface area (Å²) in [5, 5.41) is 4.00. The molecule has 0 bridgehead atoms. The predicted octanol–water partition coefficient (Wildman–Crippen LogP) is 3.25. The van der Waals surface area contributed by atoms with Crippen LogP contribution in [0.2, 0.25) is 0 Å². The van der Waals surface area contributed by atoms with Gasteiger partial charge in [0.2, 0.25) is 17.6 Å². The predicted molar refractivity (Wildman–Crippen MR) is 97.6 cm³/mol. The molecule has 26 heavy (non-hydrogen) atoms. The number of benzene rings is 2. The molecule has 0 N–H and O–H groups in total. The molecule has 3 rings (SSSR count). The Kier molecular flexibility index (Phi) is 5.31. The third-order valence-corrected chi connectivity index (χ3v) is 4.11. The lowest BCUT2D eigenvalue weighted by Gasteiger charge is -2.15. The van der Waals surface area contributed by atoms with E-state index in [1.165, 1.54) is 5.56 Å². The summed E-state index contributed by atoms with van der Waals surface area (Å²) >= 11 is 0. The summed E-state index contributed by atoms with van der Waals surface area (Å²) in [7, 11) is 3.31. The van der Waals surface area contributed by atoms with Gasteiger partial charge in [-0.05, 0) is 13.0 Å². The van der Waals surface area contributed by atoms with Crippen LogP contribution < -0.4 is 4.74 Å². The monoisotopic (exact) mass is 351 g/mol. The van der Waals surface area contributed by atoms with E-state index in [9.17, 15) is 4.79 Å². The van der Waals surface area contributed by atoms with E-state index in [1.807, 2.05) is 55.5 Å². The van der Waals surface area contributed by atoms with E-state index in [0.29, 0.717) is 17.5 Å². The number of aromatic nitrogens is 2. The first-order chi connectivity index (χ1) is 12.6. The van der Waals surface area contributed by atoms with Crippen LogP contribution in [-0.4, -0.2) is 35.1 Å². The van der Waals surface area contributed by atoms with Gasteiger partial charge < -0.3 is 14.2 Å². The molecule has 0 atom stereocenters. The summed E-state index contributed by atoms with van der Waals surface area (Å²) in [6, 6.07) is 15.4. The maximum atomic E-state index is 12.5. The van der Waals surface area contributed by atoms with Crippen LogP contribution in [0.1, 0.15) is 17.0 Å². The number of amides is 1. The third kappa shape index (κ3) is 4.08. The number of methoxy groups -OCH3 is 1. The van der Waals surface area contributed by atoms with Crippen molar-refractivity contribution in [3.63, 3.8) is 0 Å². The molecule has 0 unspecified atom stereocenters. The van der Waals surface area contributed by atoms with Crippen LogP contribution in [0.3, 0.4) is 0 Å². The van der Waals surface area contributed by atoms with Crippen molar-refractivity contribution >= 4 is 5.91 Å². The minimum Gasteiger partial charge on any atom is -0.496 e. The first kappa shape index (κ1) is 17.7. The number of nitrogens with zero attached hydrogens (tertiary/aromatic N) is 3. The highest BCUT2D eigenvalue weighted by Crippen LogP contribution is 2.19. The lowest BCUT2D eigenvalue weighted by atomic mass is 10.1. The number of rotatable bonds is 6. The SMILES string of the molecule is COc1ccccc1CC(=O)N(C)Cc1nc(-c2ccc(C)cc2)no1. The average Bonchev–Trinajstić information content (AvgIpc) is 3.11. The zero-order valence-electron chi connectivity index (χ0n) is 15.1. The van der Waals surface area contributed by atoms with E-state index < -0.39 is 0 Å². The molecule has 0 aliphatic heterocycles. The summed E-state index contributed by atoms with van der Waals surface area (Å²) in [6.07, 6.45) is 0.249. The van der Waals surface area contributed by atoms with E-state index in [0.717, 1.165) is 11.1 Å². The Labute approximate surface area is 152 Å². The van der Waals surface area contributed by atoms with Gasteiger partial charge in [0.1, 0.15) is 5.75 Å². The molecule has 6 heteroatoms. The van der Waals surface area contributed by atoms with Crippen molar-refractivity contribution in [3.8, 4) is 17.1 Å². The molecule has 0 spiro atoms. The van der Waals surface area contributed by atoms with Gasteiger partial charge >= 0.3 is 0 Å². The smallest absolute Gasteiger partial charge is 0.246 e. The molecule has 0 fully saturated rings. The summed E-state index contributed by atoms with van der Waals surface area (Å²) in [4.78, 5) is 18.4. The normalized spacial score (nSPS) is 10.6. The topological polar surface area (TPSA) is 68.5 Å². The maximum Gasteiger partial charge on any atom is 0.246 e. The van der Waals surface area contributed by atoms with Crippen molar-refractivity contribution in [1.82, 2.24) is 15.0 Å². The molecule has 3 aromatic rings. The van der Waals surface area contributed by atoms with Crippen LogP contribution in [0.5, 0.6) is 5.75 Å². The molecule has 0 saturated heterocycles. The van der Waals surface area contributed by atoms with Crippen molar-refractivity contribution in [2.75, 3.05) is 14.2 Å². The van der Waals surface area contributed by atoms with Crippen LogP contribution >= 0.6 is 0 Å². The number of hydrogen-bond donors (Lipinski definition) is 0. The molecular formula is C20H21N3O3. The Bertz CT molecular complexity index is 887. The summed E-state index contributed by atoms with van der Waals surface area (Å²) < 4.78 is 10.6. The van der Waals surface area contributed by atoms with E-state index in [-0.39, 0.29) is 18.9 Å². The van der Waals surface area contributed by atoms with Gasteiger partial charge in [-0.2, -0.15) is 4.98 Å². The second-order valence-corrected chi connectivity index (χ2v) is 6.12. The van der Waals surface area contributed by atoms with E-state index in [1.54, 1.807) is 19.1 Å². The van der Waals surface area contributed by atoms with Gasteiger partial charge in [-0.25, -0.2) is 0 Å². The van der Waals surface area contributed by atoms with Crippen molar-refractivity contribution in [1.29, 1.82) is 0 Å². The second kappa shape index (κ2) is 7.82. The standard InChI is InChI=1S/C20H21N3O3/c1-14-8-10-15(11-9-14)20-21-18(26-22-20)13-23(2)19(24)12-16-6-4-5-7-17(16)25-3/h4-11H,12-13H2,1-3H3. The van der Waals surface area contributed by atoms with Crippen LogP contribution in [-0.2, 0) is 17.8 Å². The summed E-state index contributed by atoms with van der Waals surface area (Å²) in [6.45, 7) is 2.28. The highest BCUT2D eigenvalue weighted by Gasteiger charge is 2.16. The fourth-order valence-electron chi connectivity index (χ4n) is 2.58. The average molecular weight is 351 g/mol. The maximum absolute atomic E-state index is 12.5. The molecular weight excluding hydrogens is 330 g/mol. The lowest BCUT2D eigenvalue weighted by molar-refractivity contribution is -0.130. The highest BCUT2D eigenvalue weighted by atomic mass is 16.5. The number of likely N-dealkylation sites (N-methyl/N-ethyl adjacent to an activating group) is 1. The van der Waals surface area contributed by atoms with Crippen LogP contribution in [0.25, 0.3) is 11.4 Å². The van der Waals surface area contributed by atoms with E-state index >= 15 is 0 Å². The van der Waals surface area contributed by atoms with Gasteiger partial charge in [0, 0.05) is 18.2 Å². The second-order valence-electron chi connectivity index (χ2n) is 6.12. The van der Waals surface area contributed by atoms with Crippen molar-refractivity contribution in [2.24, 2.45) is 0 Å². The summed E-state index contributed by atoms with van der Waals surface area (Å²) in [5.74, 6) is 1.57. The van der Waals surface area contributed by atoms with Gasteiger partial charge in [0.25, 0.3) is 0 Å². The van der Waals surface area contributed by atoms with Crippen molar-refractivity contribution < 1.29 is 14.1 Å². The van der Waals surface area contributed by atoms with Gasteiger partial charge in [-0.15, -0.1) is 0 Å². The quantitative estimate of drug-likeness (QED) is 0.682. The highest BCUT2D eigenvalue weighted by molar-refractivity contribution is 5.79. The van der Waals surface area contributed by atoms with Crippen molar-refractivity contribution in [3.05, 3.63) is 65.5 Å². The molecule has 0 radical (unpaired) electrons. The number of carbonyl (C=O) groups is 1. The fourth-order valence-corrected chi connectivity index (χ4v) is 2.58. The van der Waals surface area contributed by atoms with Crippen LogP contribution in [0.4, 0.5) is 0 Å². The zero-order valence-corrected chi connectivity index (χ0v) is 15.1. The summed E-state index contributed by atoms with van der Waals surface area (Å²) in [5.41, 5.74) is 2.89. The van der Waals surface area contributed by atoms with E-state index in [2.05, 4.69) is 10.1 Å². The van der Waals surface area contributed by atoms with Crippen LogP contribution in [0, 0.1) is 6.92 Å². The lowest BCUT2D eigenvalue weighted by Crippen LogP contribution is -2.28. The molecule has 0 aliphatic carbocycles. The minimum atomic E-state index is -0.0513. The molecule has 2 aromatic carbocycles. The molecule has 134 valence electrons. The first-order valence-corrected chi connectivity index (χ1v) is 8.32. The number of ether oxygens (including phenoxy) is 1. The minimum absolute atomic E-state index is 0.0513. The van der Waals surface area contributed by atoms with Crippen LogP contribution in [0.15, 0.2) is 53.1 Å². The Morgan fingerprint density at radius 2 is 1.88 bits per heavy atom.